The number of rotatable bonds is 43. The van der Waals surface area contributed by atoms with Crippen LogP contribution >= 0.6 is 0 Å². The van der Waals surface area contributed by atoms with Crippen molar-refractivity contribution in [2.45, 2.75) is 187 Å². The highest BCUT2D eigenvalue weighted by Gasteiger charge is 2.19. The lowest BCUT2D eigenvalue weighted by molar-refractivity contribution is -0.167. The Morgan fingerprint density at radius 2 is 0.621 bits per heavy atom. The van der Waals surface area contributed by atoms with Gasteiger partial charge in [0.2, 0.25) is 0 Å². The molecule has 0 spiro atoms. The maximum Gasteiger partial charge on any atom is 0.306 e. The summed E-state index contributed by atoms with van der Waals surface area (Å²) in [6, 6.07) is 0. The van der Waals surface area contributed by atoms with Gasteiger partial charge in [-0.1, -0.05) is 230 Å². The minimum Gasteiger partial charge on any atom is -0.462 e. The molecule has 0 rings (SSSR count). The van der Waals surface area contributed by atoms with Crippen molar-refractivity contribution in [2.24, 2.45) is 0 Å². The Hall–Kier alpha value is -4.97. The van der Waals surface area contributed by atoms with Crippen LogP contribution in [0, 0.1) is 0 Å². The summed E-state index contributed by atoms with van der Waals surface area (Å²) in [4.78, 5) is 38.0. The lowest BCUT2D eigenvalue weighted by atomic mass is 10.1. The molecule has 0 heterocycles. The quantitative estimate of drug-likeness (QED) is 0.0199. The maximum atomic E-state index is 12.8. The van der Waals surface area contributed by atoms with Crippen LogP contribution in [-0.4, -0.2) is 37.2 Å². The summed E-state index contributed by atoms with van der Waals surface area (Å²) in [5.41, 5.74) is 0. The average molecular weight is 907 g/mol. The third-order valence-electron chi connectivity index (χ3n) is 10.0. The normalized spacial score (nSPS) is 13.4. The second-order valence-corrected chi connectivity index (χ2v) is 16.2. The number of ether oxygens (including phenoxy) is 3. The SMILES string of the molecule is CC\C=C/C=C\C=C/C=C\C=C\C=C/C=C\CCCCCC(=O)OCC(COC(=O)CCCCCC/C=C\C/C=C\C/C=C\CC)OC(=O)CCCCCCCCC\C=C/C=C\C=C/CC. The van der Waals surface area contributed by atoms with Crippen LogP contribution in [0.25, 0.3) is 0 Å². The zero-order chi connectivity index (χ0) is 47.9. The van der Waals surface area contributed by atoms with E-state index in [0.717, 1.165) is 116 Å². The summed E-state index contributed by atoms with van der Waals surface area (Å²) >= 11 is 0. The molecule has 6 nitrogen and oxygen atoms in total. The largest absolute Gasteiger partial charge is 0.462 e. The standard InChI is InChI=1S/C60H90O6/c1-4-7-10-13-16-19-22-25-28-29-30-31-33-35-38-41-44-47-50-53-59(62)65-56-57(55-64-58(61)52-49-46-43-40-37-34-27-24-21-18-15-12-9-6-3)66-60(63)54-51-48-45-42-39-36-32-26-23-20-17-14-11-8-5-2/h7-14,16-23,25,27-31,33-35,38,57H,4-6,15,24,26,32,36-37,39-56H2,1-3H3/b10-7-,11-8-,12-9-,16-13-,17-14-,21-18-,22-19-,23-20-,28-25-,30-29+,33-31-,34-27-,38-35-. The van der Waals surface area contributed by atoms with Gasteiger partial charge in [0.1, 0.15) is 13.2 Å². The molecule has 0 amide bonds. The van der Waals surface area contributed by atoms with Crippen molar-refractivity contribution in [3.05, 3.63) is 158 Å². The van der Waals surface area contributed by atoms with Gasteiger partial charge in [-0.15, -0.1) is 0 Å². The minimum atomic E-state index is -0.821. The molecule has 0 aliphatic rings. The third-order valence-corrected chi connectivity index (χ3v) is 10.0. The molecule has 366 valence electrons. The summed E-state index contributed by atoms with van der Waals surface area (Å²) in [7, 11) is 0. The van der Waals surface area contributed by atoms with Crippen LogP contribution < -0.4 is 0 Å². The third kappa shape index (κ3) is 50.0. The Morgan fingerprint density at radius 1 is 0.318 bits per heavy atom. The van der Waals surface area contributed by atoms with Gasteiger partial charge in [-0.3, -0.25) is 14.4 Å². The fourth-order valence-electron chi connectivity index (χ4n) is 6.26. The molecule has 0 N–H and O–H groups in total. The van der Waals surface area contributed by atoms with E-state index >= 15 is 0 Å². The van der Waals surface area contributed by atoms with Crippen molar-refractivity contribution < 1.29 is 28.6 Å². The van der Waals surface area contributed by atoms with E-state index in [1.807, 2.05) is 72.9 Å². The molecule has 0 aromatic carbocycles. The first-order valence-electron chi connectivity index (χ1n) is 25.6. The predicted octanol–water partition coefficient (Wildman–Crippen LogP) is 17.0. The molecular weight excluding hydrogens is 817 g/mol. The van der Waals surface area contributed by atoms with Crippen molar-refractivity contribution in [3.63, 3.8) is 0 Å². The number of hydrogen-bond donors (Lipinski definition) is 0. The van der Waals surface area contributed by atoms with Gasteiger partial charge in [0.25, 0.3) is 0 Å². The smallest absolute Gasteiger partial charge is 0.306 e. The number of allylic oxidation sites excluding steroid dienone is 26. The van der Waals surface area contributed by atoms with Gasteiger partial charge in [-0.2, -0.15) is 0 Å². The van der Waals surface area contributed by atoms with E-state index in [4.69, 9.17) is 14.2 Å². The molecule has 0 aromatic rings. The van der Waals surface area contributed by atoms with Crippen LogP contribution in [0.5, 0.6) is 0 Å². The minimum absolute atomic E-state index is 0.118. The van der Waals surface area contributed by atoms with Crippen LogP contribution in [0.2, 0.25) is 0 Å². The van der Waals surface area contributed by atoms with Crippen molar-refractivity contribution in [2.75, 3.05) is 13.2 Å². The van der Waals surface area contributed by atoms with Crippen molar-refractivity contribution in [1.29, 1.82) is 0 Å². The van der Waals surface area contributed by atoms with Gasteiger partial charge in [0, 0.05) is 19.3 Å². The molecule has 6 heteroatoms. The molecule has 1 unspecified atom stereocenters. The highest BCUT2D eigenvalue weighted by atomic mass is 16.6. The molecule has 0 radical (unpaired) electrons. The summed E-state index contributed by atoms with van der Waals surface area (Å²) in [5.74, 6) is -1.01. The van der Waals surface area contributed by atoms with Gasteiger partial charge in [-0.25, -0.2) is 0 Å². The monoisotopic (exact) mass is 907 g/mol. The number of esters is 3. The van der Waals surface area contributed by atoms with Crippen molar-refractivity contribution >= 4 is 17.9 Å². The molecule has 0 aliphatic heterocycles. The Bertz CT molecular complexity index is 1560. The van der Waals surface area contributed by atoms with Gasteiger partial charge in [-0.05, 0) is 89.9 Å². The second-order valence-electron chi connectivity index (χ2n) is 16.2. The van der Waals surface area contributed by atoms with Gasteiger partial charge < -0.3 is 14.2 Å². The first-order chi connectivity index (χ1) is 32.5. The van der Waals surface area contributed by atoms with E-state index in [9.17, 15) is 14.4 Å². The van der Waals surface area contributed by atoms with Crippen LogP contribution in [0.1, 0.15) is 181 Å². The Kier molecular flexibility index (Phi) is 48.7. The maximum absolute atomic E-state index is 12.8. The lowest BCUT2D eigenvalue weighted by Gasteiger charge is -2.18. The van der Waals surface area contributed by atoms with Gasteiger partial charge in [0.15, 0.2) is 6.10 Å². The highest BCUT2D eigenvalue weighted by molar-refractivity contribution is 5.71. The Morgan fingerprint density at radius 3 is 1.05 bits per heavy atom. The summed E-state index contributed by atoms with van der Waals surface area (Å²) in [6.07, 6.45) is 76.4. The molecule has 66 heavy (non-hydrogen) atoms. The summed E-state index contributed by atoms with van der Waals surface area (Å²) in [6.45, 7) is 6.15. The lowest BCUT2D eigenvalue weighted by Crippen LogP contribution is -2.30. The summed E-state index contributed by atoms with van der Waals surface area (Å²) < 4.78 is 16.7. The molecule has 0 fully saturated rings. The topological polar surface area (TPSA) is 78.9 Å². The van der Waals surface area contributed by atoms with Gasteiger partial charge >= 0.3 is 17.9 Å². The van der Waals surface area contributed by atoms with E-state index in [2.05, 4.69) is 106 Å². The molecule has 0 saturated heterocycles. The van der Waals surface area contributed by atoms with Crippen molar-refractivity contribution in [3.8, 4) is 0 Å². The van der Waals surface area contributed by atoms with E-state index in [1.54, 1.807) is 0 Å². The van der Waals surface area contributed by atoms with Crippen LogP contribution in [-0.2, 0) is 28.6 Å². The average Bonchev–Trinajstić information content (AvgIpc) is 3.31. The first kappa shape index (κ1) is 61.0. The fourth-order valence-corrected chi connectivity index (χ4v) is 6.26. The second kappa shape index (κ2) is 52.7. The van der Waals surface area contributed by atoms with Gasteiger partial charge in [0.05, 0.1) is 0 Å². The Balaban J connectivity index is 4.58. The number of carbonyl (C=O) groups is 3. The molecular formula is C60H90O6. The molecule has 0 bridgehead atoms. The van der Waals surface area contributed by atoms with E-state index in [1.165, 1.54) is 19.3 Å². The number of carbonyl (C=O) groups excluding carboxylic acids is 3. The van der Waals surface area contributed by atoms with E-state index in [-0.39, 0.29) is 31.1 Å². The predicted molar refractivity (Wildman–Crippen MR) is 283 cm³/mol. The highest BCUT2D eigenvalue weighted by Crippen LogP contribution is 2.13. The van der Waals surface area contributed by atoms with E-state index in [0.29, 0.717) is 25.7 Å². The van der Waals surface area contributed by atoms with Crippen molar-refractivity contribution in [1.82, 2.24) is 0 Å². The number of hydrogen-bond acceptors (Lipinski definition) is 6. The zero-order valence-corrected chi connectivity index (χ0v) is 41.6. The van der Waals surface area contributed by atoms with Crippen LogP contribution in [0.4, 0.5) is 0 Å². The molecule has 0 aliphatic carbocycles. The molecule has 1 atom stereocenters. The number of unbranched alkanes of at least 4 members (excludes halogenated alkanes) is 14. The van der Waals surface area contributed by atoms with Crippen LogP contribution in [0.3, 0.4) is 0 Å². The Labute approximate surface area is 403 Å². The first-order valence-corrected chi connectivity index (χ1v) is 25.6. The zero-order valence-electron chi connectivity index (χ0n) is 41.6. The fraction of sp³-hybridized carbons (Fsp3) is 0.517. The van der Waals surface area contributed by atoms with E-state index < -0.39 is 6.10 Å². The molecule has 0 aromatic heterocycles. The van der Waals surface area contributed by atoms with Crippen LogP contribution in [0.15, 0.2) is 158 Å². The summed E-state index contributed by atoms with van der Waals surface area (Å²) in [5, 5.41) is 0. The molecule has 0 saturated carbocycles.